The highest BCUT2D eigenvalue weighted by atomic mass is 79.9. The van der Waals surface area contributed by atoms with Crippen molar-refractivity contribution >= 4 is 37.3 Å². The molecule has 0 radical (unpaired) electrons. The minimum Gasteiger partial charge on any atom is -0.391 e. The Morgan fingerprint density at radius 3 is 2.60 bits per heavy atom. The first kappa shape index (κ1) is 16.4. The number of aliphatic hydroxyl groups is 1. The summed E-state index contributed by atoms with van der Waals surface area (Å²) < 4.78 is 27.8. The molecule has 0 bridgehead atoms. The van der Waals surface area contributed by atoms with Crippen LogP contribution < -0.4 is 4.72 Å². The molecule has 1 fully saturated rings. The minimum absolute atomic E-state index is 0.140. The van der Waals surface area contributed by atoms with Crippen molar-refractivity contribution < 1.29 is 13.5 Å². The largest absolute Gasteiger partial charge is 0.391 e. The Labute approximate surface area is 132 Å². The first-order valence-electron chi connectivity index (χ1n) is 6.81. The zero-order chi connectivity index (χ0) is 14.8. The zero-order valence-corrected chi connectivity index (χ0v) is 14.7. The van der Waals surface area contributed by atoms with Crippen LogP contribution in [0.3, 0.4) is 0 Å². The molecule has 20 heavy (non-hydrogen) atoms. The first-order chi connectivity index (χ1) is 9.42. The molecule has 4 nitrogen and oxygen atoms in total. The van der Waals surface area contributed by atoms with Crippen molar-refractivity contribution in [1.82, 2.24) is 4.72 Å². The maximum atomic E-state index is 12.3. The summed E-state index contributed by atoms with van der Waals surface area (Å²) in [5.74, 6) is 1.21. The predicted molar refractivity (Wildman–Crippen MR) is 84.3 cm³/mol. The fourth-order valence-corrected chi connectivity index (χ4v) is 6.15. The van der Waals surface area contributed by atoms with Crippen LogP contribution in [0.4, 0.5) is 0 Å². The molecule has 114 valence electrons. The summed E-state index contributed by atoms with van der Waals surface area (Å²) in [5.41, 5.74) is 0. The summed E-state index contributed by atoms with van der Waals surface area (Å²) in [4.78, 5) is 0.875. The lowest BCUT2D eigenvalue weighted by molar-refractivity contribution is 0.285. The summed E-state index contributed by atoms with van der Waals surface area (Å²) in [6.07, 6.45) is 4.55. The predicted octanol–water partition coefficient (Wildman–Crippen LogP) is 3.11. The molecule has 0 saturated heterocycles. The van der Waals surface area contributed by atoms with Gasteiger partial charge in [0.1, 0.15) is 4.90 Å². The van der Waals surface area contributed by atoms with E-state index in [0.717, 1.165) is 18.8 Å². The molecule has 2 N–H and O–H groups in total. The van der Waals surface area contributed by atoms with Crippen LogP contribution in [0, 0.1) is 11.8 Å². The van der Waals surface area contributed by atoms with Crippen molar-refractivity contribution in [2.24, 2.45) is 11.8 Å². The molecule has 1 saturated carbocycles. The van der Waals surface area contributed by atoms with Crippen LogP contribution in [0.2, 0.25) is 0 Å². The van der Waals surface area contributed by atoms with E-state index in [0.29, 0.717) is 21.1 Å². The Kier molecular flexibility index (Phi) is 5.64. The second-order valence-electron chi connectivity index (χ2n) is 5.49. The molecule has 7 heteroatoms. The Hall–Kier alpha value is 0.0500. The van der Waals surface area contributed by atoms with E-state index >= 15 is 0 Å². The van der Waals surface area contributed by atoms with E-state index in [9.17, 15) is 8.42 Å². The van der Waals surface area contributed by atoms with Crippen LogP contribution >= 0.6 is 27.3 Å². The molecule has 0 atom stereocenters. The third-order valence-corrected chi connectivity index (χ3v) is 7.51. The van der Waals surface area contributed by atoms with Crippen LogP contribution in [-0.2, 0) is 16.6 Å². The Morgan fingerprint density at radius 1 is 1.40 bits per heavy atom. The summed E-state index contributed by atoms with van der Waals surface area (Å²) in [5, 5.41) is 9.07. The van der Waals surface area contributed by atoms with Gasteiger partial charge < -0.3 is 5.11 Å². The zero-order valence-electron chi connectivity index (χ0n) is 11.4. The monoisotopic (exact) mass is 381 g/mol. The van der Waals surface area contributed by atoms with Gasteiger partial charge in [0, 0.05) is 11.4 Å². The van der Waals surface area contributed by atoms with Gasteiger partial charge in [0.15, 0.2) is 0 Å². The second kappa shape index (κ2) is 6.87. The van der Waals surface area contributed by atoms with E-state index in [1.807, 2.05) is 0 Å². The van der Waals surface area contributed by atoms with Crippen LogP contribution in [0.1, 0.15) is 37.5 Å². The molecule has 0 unspecified atom stereocenters. The SMILES string of the molecule is CC1CCC(CNS(=O)(=O)c2cc(CO)sc2Br)CC1. The first-order valence-corrected chi connectivity index (χ1v) is 9.90. The number of rotatable bonds is 5. The van der Waals surface area contributed by atoms with Crippen molar-refractivity contribution in [3.8, 4) is 0 Å². The van der Waals surface area contributed by atoms with Gasteiger partial charge in [0.05, 0.1) is 10.4 Å². The van der Waals surface area contributed by atoms with Gasteiger partial charge in [0.2, 0.25) is 10.0 Å². The summed E-state index contributed by atoms with van der Waals surface area (Å²) in [6.45, 7) is 2.62. The molecular formula is C13H20BrNO3S2. The summed E-state index contributed by atoms with van der Waals surface area (Å²) in [7, 11) is -3.49. The normalized spacial score (nSPS) is 23.9. The van der Waals surface area contributed by atoms with Gasteiger partial charge in [-0.2, -0.15) is 0 Å². The maximum absolute atomic E-state index is 12.3. The van der Waals surface area contributed by atoms with Crippen LogP contribution in [-0.4, -0.2) is 20.1 Å². The number of halogens is 1. The molecule has 0 spiro atoms. The van der Waals surface area contributed by atoms with E-state index in [2.05, 4.69) is 27.6 Å². The highest BCUT2D eigenvalue weighted by Crippen LogP contribution is 2.32. The maximum Gasteiger partial charge on any atom is 0.242 e. The topological polar surface area (TPSA) is 66.4 Å². The van der Waals surface area contributed by atoms with Gasteiger partial charge in [-0.15, -0.1) is 11.3 Å². The van der Waals surface area contributed by atoms with Crippen LogP contribution in [0.5, 0.6) is 0 Å². The van der Waals surface area contributed by atoms with E-state index in [1.54, 1.807) is 0 Å². The van der Waals surface area contributed by atoms with Crippen molar-refractivity contribution in [3.63, 3.8) is 0 Å². The number of nitrogens with one attached hydrogen (secondary N) is 1. The van der Waals surface area contributed by atoms with E-state index in [-0.39, 0.29) is 11.5 Å². The average Bonchev–Trinajstić information content (AvgIpc) is 2.80. The fourth-order valence-electron chi connectivity index (χ4n) is 2.50. The minimum atomic E-state index is -3.49. The lowest BCUT2D eigenvalue weighted by Gasteiger charge is -2.26. The Balaban J connectivity index is 1.98. The van der Waals surface area contributed by atoms with E-state index in [4.69, 9.17) is 5.11 Å². The van der Waals surface area contributed by atoms with Crippen molar-refractivity contribution in [2.75, 3.05) is 6.54 Å². The standard InChI is InChI=1S/C13H20BrNO3S2/c1-9-2-4-10(5-3-9)7-15-20(17,18)12-6-11(8-16)19-13(12)14/h6,9-10,15-16H,2-5,7-8H2,1H3. The van der Waals surface area contributed by atoms with Crippen LogP contribution in [0.15, 0.2) is 14.7 Å². The molecule has 1 aliphatic rings. The molecular weight excluding hydrogens is 362 g/mol. The third-order valence-electron chi connectivity index (χ3n) is 3.85. The fraction of sp³-hybridized carbons (Fsp3) is 0.692. The second-order valence-corrected chi connectivity index (χ2v) is 9.68. The molecule has 1 aromatic heterocycles. The Morgan fingerprint density at radius 2 is 2.05 bits per heavy atom. The third kappa shape index (κ3) is 4.04. The quantitative estimate of drug-likeness (QED) is 0.823. The van der Waals surface area contributed by atoms with Crippen LogP contribution in [0.25, 0.3) is 0 Å². The molecule has 1 aromatic rings. The molecule has 1 heterocycles. The van der Waals surface area contributed by atoms with E-state index < -0.39 is 10.0 Å². The summed E-state index contributed by atoms with van der Waals surface area (Å²) >= 11 is 4.51. The Bertz CT molecular complexity index is 548. The van der Waals surface area contributed by atoms with Gasteiger partial charge in [-0.1, -0.05) is 19.8 Å². The van der Waals surface area contributed by atoms with Crippen molar-refractivity contribution in [1.29, 1.82) is 0 Å². The number of hydrogen-bond donors (Lipinski definition) is 2. The van der Waals surface area contributed by atoms with Crippen molar-refractivity contribution in [2.45, 2.75) is 44.1 Å². The van der Waals surface area contributed by atoms with Gasteiger partial charge >= 0.3 is 0 Å². The molecule has 2 rings (SSSR count). The lowest BCUT2D eigenvalue weighted by atomic mass is 9.83. The van der Waals surface area contributed by atoms with Crippen molar-refractivity contribution in [3.05, 3.63) is 14.7 Å². The van der Waals surface area contributed by atoms with Gasteiger partial charge in [0.25, 0.3) is 0 Å². The highest BCUT2D eigenvalue weighted by molar-refractivity contribution is 9.11. The number of hydrogen-bond acceptors (Lipinski definition) is 4. The van der Waals surface area contributed by atoms with Gasteiger partial charge in [-0.3, -0.25) is 0 Å². The van der Waals surface area contributed by atoms with Gasteiger partial charge in [-0.05, 0) is 46.7 Å². The number of thiophene rings is 1. The molecule has 0 amide bonds. The molecule has 1 aliphatic carbocycles. The molecule has 0 aliphatic heterocycles. The molecule has 0 aromatic carbocycles. The number of sulfonamides is 1. The highest BCUT2D eigenvalue weighted by Gasteiger charge is 2.24. The van der Waals surface area contributed by atoms with Gasteiger partial charge in [-0.25, -0.2) is 13.1 Å². The smallest absolute Gasteiger partial charge is 0.242 e. The number of aliphatic hydroxyl groups excluding tert-OH is 1. The lowest BCUT2D eigenvalue weighted by Crippen LogP contribution is -2.31. The average molecular weight is 382 g/mol. The van der Waals surface area contributed by atoms with E-state index in [1.165, 1.54) is 30.2 Å². The summed E-state index contributed by atoms with van der Waals surface area (Å²) in [6, 6.07) is 1.53.